The van der Waals surface area contributed by atoms with E-state index in [0.29, 0.717) is 17.1 Å². The van der Waals surface area contributed by atoms with Gasteiger partial charge in [-0.1, -0.05) is 25.5 Å². The molecule has 0 saturated heterocycles. The highest BCUT2D eigenvalue weighted by Crippen LogP contribution is 2.27. The second-order valence-electron chi connectivity index (χ2n) is 7.49. The van der Waals surface area contributed by atoms with Gasteiger partial charge in [-0.15, -0.1) is 5.11 Å². The minimum absolute atomic E-state index is 0.169. The second kappa shape index (κ2) is 11.8. The average Bonchev–Trinajstić information content (AvgIpc) is 2.83. The highest BCUT2D eigenvalue weighted by Gasteiger charge is 2.04. The van der Waals surface area contributed by atoms with Crippen LogP contribution in [0, 0.1) is 5.82 Å². The molecule has 0 atom stereocenters. The minimum Gasteiger partial charge on any atom is -0.372 e. The molecule has 0 radical (unpaired) electrons. The quantitative estimate of drug-likeness (QED) is 0.296. The number of hydrogen-bond acceptors (Lipinski definition) is 5. The van der Waals surface area contributed by atoms with Crippen LogP contribution in [0.1, 0.15) is 39.2 Å². The van der Waals surface area contributed by atoms with E-state index in [9.17, 15) is 4.39 Å². The summed E-state index contributed by atoms with van der Waals surface area (Å²) in [4.78, 5) is 2.25. The van der Waals surface area contributed by atoms with Gasteiger partial charge in [0.05, 0.1) is 17.1 Å². The van der Waals surface area contributed by atoms with Gasteiger partial charge >= 0.3 is 0 Å². The molecule has 166 valence electrons. The third-order valence-electron chi connectivity index (χ3n) is 5.22. The van der Waals surface area contributed by atoms with E-state index in [-0.39, 0.29) is 5.69 Å². The smallest absolute Gasteiger partial charge is 0.152 e. The summed E-state index contributed by atoms with van der Waals surface area (Å²) in [7, 11) is 0. The predicted octanol–water partition coefficient (Wildman–Crippen LogP) is 8.85. The summed E-state index contributed by atoms with van der Waals surface area (Å²) in [6, 6.07) is 20.3. The lowest BCUT2D eigenvalue weighted by Crippen LogP contribution is -2.21. The molecule has 3 rings (SSSR count). The first-order valence-electron chi connectivity index (χ1n) is 11.2. The van der Waals surface area contributed by atoms with Crippen molar-refractivity contribution < 1.29 is 4.39 Å². The number of nitrogens with zero attached hydrogens (tertiary/aromatic N) is 5. The molecule has 32 heavy (non-hydrogen) atoms. The topological polar surface area (TPSA) is 52.7 Å². The molecule has 5 nitrogen and oxygen atoms in total. The first-order chi connectivity index (χ1) is 15.6. The molecule has 0 amide bonds. The third-order valence-corrected chi connectivity index (χ3v) is 5.22. The molecule has 0 fully saturated rings. The Labute approximate surface area is 189 Å². The lowest BCUT2D eigenvalue weighted by Gasteiger charge is -2.20. The van der Waals surface area contributed by atoms with Gasteiger partial charge in [-0.05, 0) is 80.8 Å². The van der Waals surface area contributed by atoms with E-state index in [1.54, 1.807) is 12.1 Å². The van der Waals surface area contributed by atoms with Crippen LogP contribution in [0.15, 0.2) is 87.2 Å². The summed E-state index contributed by atoms with van der Waals surface area (Å²) in [6.07, 6.45) is 3.38. The van der Waals surface area contributed by atoms with Crippen molar-refractivity contribution in [3.8, 4) is 0 Å². The van der Waals surface area contributed by atoms with Crippen LogP contribution in [-0.4, -0.2) is 13.1 Å². The van der Waals surface area contributed by atoms with Gasteiger partial charge in [0.25, 0.3) is 0 Å². The highest BCUT2D eigenvalue weighted by molar-refractivity contribution is 5.53. The number of unbranched alkanes of at least 4 members (excludes halogenated alkanes) is 1. The number of halogens is 1. The van der Waals surface area contributed by atoms with E-state index in [0.717, 1.165) is 31.6 Å². The largest absolute Gasteiger partial charge is 0.372 e. The van der Waals surface area contributed by atoms with Crippen molar-refractivity contribution in [1.29, 1.82) is 0 Å². The molecule has 0 N–H and O–H groups in total. The van der Waals surface area contributed by atoms with Crippen LogP contribution in [0.4, 0.5) is 32.8 Å². The molecule has 0 aliphatic heterocycles. The summed E-state index contributed by atoms with van der Waals surface area (Å²) < 4.78 is 14.4. The molecule has 0 unspecified atom stereocenters. The number of benzene rings is 3. The van der Waals surface area contributed by atoms with Crippen molar-refractivity contribution in [3.05, 3.63) is 78.1 Å². The Morgan fingerprint density at radius 3 is 1.84 bits per heavy atom. The van der Waals surface area contributed by atoms with Crippen LogP contribution in [0.25, 0.3) is 0 Å². The van der Waals surface area contributed by atoms with Crippen molar-refractivity contribution >= 4 is 28.4 Å². The molecule has 6 heteroatoms. The normalized spacial score (nSPS) is 11.5. The van der Waals surface area contributed by atoms with Gasteiger partial charge < -0.3 is 4.90 Å². The summed E-state index contributed by atoms with van der Waals surface area (Å²) in [5.41, 5.74) is 4.42. The van der Waals surface area contributed by atoms with Gasteiger partial charge in [0.15, 0.2) is 5.82 Å². The third kappa shape index (κ3) is 6.54. The van der Waals surface area contributed by atoms with Crippen molar-refractivity contribution in [3.63, 3.8) is 0 Å². The Bertz CT molecular complexity index is 1040. The molecule has 0 aliphatic carbocycles. The van der Waals surface area contributed by atoms with Gasteiger partial charge in [-0.25, -0.2) is 4.39 Å². The minimum atomic E-state index is -0.485. The van der Waals surface area contributed by atoms with E-state index in [4.69, 9.17) is 0 Å². The number of anilines is 1. The summed E-state index contributed by atoms with van der Waals surface area (Å²) in [5, 5.41) is 16.5. The molecule has 0 saturated carbocycles. The molecule has 0 aliphatic rings. The number of azo groups is 2. The van der Waals surface area contributed by atoms with Crippen molar-refractivity contribution in [2.75, 3.05) is 18.0 Å². The van der Waals surface area contributed by atoms with Crippen LogP contribution >= 0.6 is 0 Å². The maximum Gasteiger partial charge on any atom is 0.152 e. The standard InChI is InChI=1S/C26H30FN5/c1-4-7-8-20-9-11-21(12-10-20)29-31-26-18-15-23(19-25(26)27)30-28-22-13-16-24(17-14-22)32(5-2)6-3/h9-19H,4-8H2,1-3H3. The molecule has 0 bridgehead atoms. The Hall–Kier alpha value is -3.41. The van der Waals surface area contributed by atoms with Crippen LogP contribution in [0.2, 0.25) is 0 Å². The van der Waals surface area contributed by atoms with Gasteiger partial charge in [0.2, 0.25) is 0 Å². The van der Waals surface area contributed by atoms with E-state index in [1.807, 2.05) is 48.5 Å². The predicted molar refractivity (Wildman–Crippen MR) is 130 cm³/mol. The first kappa shape index (κ1) is 23.3. The van der Waals surface area contributed by atoms with Gasteiger partial charge in [0.1, 0.15) is 5.69 Å². The van der Waals surface area contributed by atoms with Gasteiger partial charge in [0, 0.05) is 24.8 Å². The molecule has 0 heterocycles. The fourth-order valence-electron chi connectivity index (χ4n) is 3.30. The van der Waals surface area contributed by atoms with E-state index >= 15 is 0 Å². The van der Waals surface area contributed by atoms with Crippen LogP contribution in [0.5, 0.6) is 0 Å². The zero-order valence-electron chi connectivity index (χ0n) is 19.0. The summed E-state index contributed by atoms with van der Waals surface area (Å²) >= 11 is 0. The Balaban J connectivity index is 1.64. The molecular formula is C26H30FN5. The molecule has 3 aromatic carbocycles. The van der Waals surface area contributed by atoms with E-state index < -0.39 is 5.82 Å². The summed E-state index contributed by atoms with van der Waals surface area (Å²) in [5.74, 6) is -0.485. The van der Waals surface area contributed by atoms with Crippen molar-refractivity contribution in [1.82, 2.24) is 0 Å². The second-order valence-corrected chi connectivity index (χ2v) is 7.49. The van der Waals surface area contributed by atoms with Gasteiger partial charge in [-0.3, -0.25) is 0 Å². The van der Waals surface area contributed by atoms with Gasteiger partial charge in [-0.2, -0.15) is 15.3 Å². The van der Waals surface area contributed by atoms with Crippen LogP contribution in [0.3, 0.4) is 0 Å². The monoisotopic (exact) mass is 431 g/mol. The van der Waals surface area contributed by atoms with E-state index in [1.165, 1.54) is 18.1 Å². The number of rotatable bonds is 10. The fourth-order valence-corrected chi connectivity index (χ4v) is 3.30. The molecule has 0 spiro atoms. The molecule has 0 aromatic heterocycles. The highest BCUT2D eigenvalue weighted by atomic mass is 19.1. The number of aryl methyl sites for hydroxylation is 1. The lowest BCUT2D eigenvalue weighted by atomic mass is 10.1. The summed E-state index contributed by atoms with van der Waals surface area (Å²) in [6.45, 7) is 8.32. The van der Waals surface area contributed by atoms with Crippen molar-refractivity contribution in [2.24, 2.45) is 20.5 Å². The molecular weight excluding hydrogens is 401 g/mol. The Morgan fingerprint density at radius 2 is 1.25 bits per heavy atom. The van der Waals surface area contributed by atoms with Crippen LogP contribution in [-0.2, 0) is 6.42 Å². The van der Waals surface area contributed by atoms with E-state index in [2.05, 4.69) is 46.1 Å². The zero-order chi connectivity index (χ0) is 22.8. The fraction of sp³-hybridized carbons (Fsp3) is 0.308. The first-order valence-corrected chi connectivity index (χ1v) is 11.2. The molecule has 3 aromatic rings. The lowest BCUT2D eigenvalue weighted by molar-refractivity contribution is 0.628. The zero-order valence-corrected chi connectivity index (χ0v) is 19.0. The van der Waals surface area contributed by atoms with Crippen molar-refractivity contribution in [2.45, 2.75) is 40.0 Å². The Morgan fingerprint density at radius 1 is 0.688 bits per heavy atom. The maximum atomic E-state index is 14.4. The Kier molecular flexibility index (Phi) is 8.61. The maximum absolute atomic E-state index is 14.4. The van der Waals surface area contributed by atoms with Crippen LogP contribution < -0.4 is 4.90 Å². The SMILES string of the molecule is CCCCc1ccc(N=Nc2ccc(N=Nc3ccc(N(CC)CC)cc3)cc2F)cc1. The number of hydrogen-bond donors (Lipinski definition) is 0. The average molecular weight is 432 g/mol.